The number of nitrogens with zero attached hydrogens (tertiary/aromatic N) is 2. The standard InChI is InChI=1S/C27H18N4OS/c28-16-19-13-7-8-14-21(19)30-26(32)25-24(29)23-20(17-9-3-1-4-10-17)15-22(31-27(23)33-25)18-11-5-2-6-12-18/h1-15H,29H2,(H,30,32). The average Bonchev–Trinajstić information content (AvgIpc) is 3.21. The second-order valence-electron chi connectivity index (χ2n) is 7.42. The number of fused-ring (bicyclic) bond motifs is 1. The maximum atomic E-state index is 13.2. The number of carbonyl (C=O) groups excluding carboxylic acids is 1. The van der Waals surface area contributed by atoms with Gasteiger partial charge in [0.1, 0.15) is 15.8 Å². The Hall–Kier alpha value is -4.47. The zero-order chi connectivity index (χ0) is 22.8. The number of thiophene rings is 1. The van der Waals surface area contributed by atoms with Crippen molar-refractivity contribution in [1.29, 1.82) is 5.26 Å². The van der Waals surface area contributed by atoms with Crippen molar-refractivity contribution in [3.05, 3.63) is 101 Å². The summed E-state index contributed by atoms with van der Waals surface area (Å²) in [6, 6.07) is 30.8. The minimum atomic E-state index is -0.363. The Balaban J connectivity index is 1.67. The number of carbonyl (C=O) groups is 1. The van der Waals surface area contributed by atoms with E-state index in [1.165, 1.54) is 11.3 Å². The fraction of sp³-hybridized carbons (Fsp3) is 0. The summed E-state index contributed by atoms with van der Waals surface area (Å²) in [4.78, 5) is 19.1. The molecule has 1 amide bonds. The summed E-state index contributed by atoms with van der Waals surface area (Å²) in [5.41, 5.74) is 11.5. The Morgan fingerprint density at radius 3 is 2.24 bits per heavy atom. The molecule has 0 radical (unpaired) electrons. The number of nitrogen functional groups attached to an aromatic ring is 1. The van der Waals surface area contributed by atoms with E-state index < -0.39 is 0 Å². The van der Waals surface area contributed by atoms with Gasteiger partial charge in [-0.1, -0.05) is 72.8 Å². The van der Waals surface area contributed by atoms with E-state index in [0.717, 1.165) is 27.8 Å². The molecule has 0 aliphatic carbocycles. The molecule has 0 saturated heterocycles. The number of aromatic nitrogens is 1. The van der Waals surface area contributed by atoms with Crippen molar-refractivity contribution in [2.75, 3.05) is 11.1 Å². The number of amides is 1. The summed E-state index contributed by atoms with van der Waals surface area (Å²) in [5, 5.41) is 12.9. The average molecular weight is 447 g/mol. The van der Waals surface area contributed by atoms with Gasteiger partial charge in [0, 0.05) is 10.9 Å². The molecule has 0 fully saturated rings. The van der Waals surface area contributed by atoms with Crippen LogP contribution in [0, 0.1) is 11.3 Å². The van der Waals surface area contributed by atoms with Crippen molar-refractivity contribution in [3.8, 4) is 28.5 Å². The summed E-state index contributed by atoms with van der Waals surface area (Å²) in [6.07, 6.45) is 0. The monoisotopic (exact) mass is 446 g/mol. The minimum absolute atomic E-state index is 0.363. The van der Waals surface area contributed by atoms with Crippen molar-refractivity contribution in [2.24, 2.45) is 0 Å². The van der Waals surface area contributed by atoms with Gasteiger partial charge < -0.3 is 11.1 Å². The highest BCUT2D eigenvalue weighted by Crippen LogP contribution is 2.41. The summed E-state index contributed by atoms with van der Waals surface area (Å²) in [5.74, 6) is -0.363. The lowest BCUT2D eigenvalue weighted by Crippen LogP contribution is -2.12. The van der Waals surface area contributed by atoms with Gasteiger partial charge in [0.25, 0.3) is 5.91 Å². The van der Waals surface area contributed by atoms with E-state index in [0.29, 0.717) is 26.6 Å². The van der Waals surface area contributed by atoms with Gasteiger partial charge in [-0.05, 0) is 29.3 Å². The van der Waals surface area contributed by atoms with Crippen LogP contribution in [0.4, 0.5) is 11.4 Å². The molecule has 0 aliphatic rings. The van der Waals surface area contributed by atoms with Crippen molar-refractivity contribution in [1.82, 2.24) is 4.98 Å². The number of nitrogens with one attached hydrogen (secondary N) is 1. The minimum Gasteiger partial charge on any atom is -0.397 e. The number of pyridine rings is 1. The van der Waals surface area contributed by atoms with E-state index in [9.17, 15) is 10.1 Å². The van der Waals surface area contributed by atoms with Gasteiger partial charge in [0.2, 0.25) is 0 Å². The molecule has 0 bridgehead atoms. The van der Waals surface area contributed by atoms with Crippen molar-refractivity contribution >= 4 is 38.8 Å². The van der Waals surface area contributed by atoms with Crippen molar-refractivity contribution < 1.29 is 4.79 Å². The van der Waals surface area contributed by atoms with Gasteiger partial charge in [-0.25, -0.2) is 4.98 Å². The van der Waals surface area contributed by atoms with Crippen LogP contribution >= 0.6 is 11.3 Å². The highest BCUT2D eigenvalue weighted by Gasteiger charge is 2.22. The molecular weight excluding hydrogens is 428 g/mol. The number of benzene rings is 3. The quantitative estimate of drug-likeness (QED) is 0.337. The summed E-state index contributed by atoms with van der Waals surface area (Å²) in [7, 11) is 0. The first-order valence-corrected chi connectivity index (χ1v) is 11.1. The number of nitrogens with two attached hydrogens (primary N) is 1. The van der Waals surface area contributed by atoms with E-state index in [1.54, 1.807) is 24.3 Å². The summed E-state index contributed by atoms with van der Waals surface area (Å²) >= 11 is 1.25. The normalized spacial score (nSPS) is 10.6. The third kappa shape index (κ3) is 3.82. The molecule has 158 valence electrons. The highest BCUT2D eigenvalue weighted by molar-refractivity contribution is 7.21. The fourth-order valence-corrected chi connectivity index (χ4v) is 4.78. The first kappa shape index (κ1) is 20.4. The third-order valence-corrected chi connectivity index (χ3v) is 6.45. The molecule has 5 aromatic rings. The molecule has 0 unspecified atom stereocenters. The lowest BCUT2D eigenvalue weighted by atomic mass is 9.99. The number of rotatable bonds is 4. The van der Waals surface area contributed by atoms with Crippen LogP contribution in [0.1, 0.15) is 15.2 Å². The molecule has 2 heterocycles. The van der Waals surface area contributed by atoms with Crippen LogP contribution in [0.15, 0.2) is 91.0 Å². The molecule has 5 rings (SSSR count). The lowest BCUT2D eigenvalue weighted by molar-refractivity contribution is 0.103. The van der Waals surface area contributed by atoms with Crippen LogP contribution < -0.4 is 11.1 Å². The molecule has 0 saturated carbocycles. The zero-order valence-corrected chi connectivity index (χ0v) is 18.3. The third-order valence-electron chi connectivity index (χ3n) is 5.36. The van der Waals surface area contributed by atoms with Crippen molar-refractivity contribution in [2.45, 2.75) is 0 Å². The lowest BCUT2D eigenvalue weighted by Gasteiger charge is -2.09. The number of anilines is 2. The molecule has 3 aromatic carbocycles. The molecule has 0 aliphatic heterocycles. The van der Waals surface area contributed by atoms with Gasteiger partial charge in [0.15, 0.2) is 0 Å². The topological polar surface area (TPSA) is 91.8 Å². The Morgan fingerprint density at radius 1 is 0.909 bits per heavy atom. The molecule has 5 nitrogen and oxygen atoms in total. The Kier molecular flexibility index (Phi) is 5.31. The van der Waals surface area contributed by atoms with Gasteiger partial charge in [-0.3, -0.25) is 4.79 Å². The van der Waals surface area contributed by atoms with Gasteiger partial charge in [-0.15, -0.1) is 11.3 Å². The molecule has 3 N–H and O–H groups in total. The molecule has 2 aromatic heterocycles. The Labute approximate surface area is 194 Å². The number of hydrogen-bond acceptors (Lipinski definition) is 5. The van der Waals surface area contributed by atoms with Crippen LogP contribution in [0.3, 0.4) is 0 Å². The molecule has 6 heteroatoms. The molecule has 33 heavy (non-hydrogen) atoms. The number of hydrogen-bond donors (Lipinski definition) is 2. The molecule has 0 spiro atoms. The van der Waals surface area contributed by atoms with Crippen molar-refractivity contribution in [3.63, 3.8) is 0 Å². The van der Waals surface area contributed by atoms with E-state index in [4.69, 9.17) is 10.7 Å². The second-order valence-corrected chi connectivity index (χ2v) is 8.42. The van der Waals surface area contributed by atoms with Crippen LogP contribution in [0.2, 0.25) is 0 Å². The number of para-hydroxylation sites is 1. The zero-order valence-electron chi connectivity index (χ0n) is 17.4. The van der Waals surface area contributed by atoms with Gasteiger partial charge in [-0.2, -0.15) is 5.26 Å². The highest BCUT2D eigenvalue weighted by atomic mass is 32.1. The fourth-order valence-electron chi connectivity index (χ4n) is 3.76. The smallest absolute Gasteiger partial charge is 0.267 e. The van der Waals surface area contributed by atoms with Gasteiger partial charge in [0.05, 0.1) is 22.6 Å². The van der Waals surface area contributed by atoms with E-state index >= 15 is 0 Å². The number of nitriles is 1. The van der Waals surface area contributed by atoms with E-state index in [1.807, 2.05) is 66.7 Å². The largest absolute Gasteiger partial charge is 0.397 e. The molecule has 0 atom stereocenters. The van der Waals surface area contributed by atoms with Gasteiger partial charge >= 0.3 is 0 Å². The first-order chi connectivity index (χ1) is 16.2. The summed E-state index contributed by atoms with van der Waals surface area (Å²) in [6.45, 7) is 0. The molecular formula is C27H18N4OS. The van der Waals surface area contributed by atoms with Crippen LogP contribution in [-0.2, 0) is 0 Å². The van der Waals surface area contributed by atoms with E-state index in [2.05, 4.69) is 11.4 Å². The maximum Gasteiger partial charge on any atom is 0.267 e. The predicted octanol–water partition coefficient (Wildman–Crippen LogP) is 6.34. The van der Waals surface area contributed by atoms with Crippen LogP contribution in [0.25, 0.3) is 32.6 Å². The predicted molar refractivity (Wildman–Crippen MR) is 134 cm³/mol. The first-order valence-electron chi connectivity index (χ1n) is 10.3. The maximum absolute atomic E-state index is 13.2. The summed E-state index contributed by atoms with van der Waals surface area (Å²) < 4.78 is 0. The van der Waals surface area contributed by atoms with Crippen LogP contribution in [0.5, 0.6) is 0 Å². The van der Waals surface area contributed by atoms with Crippen LogP contribution in [-0.4, -0.2) is 10.9 Å². The Bertz CT molecular complexity index is 1520. The second kappa shape index (κ2) is 8.58. The Morgan fingerprint density at radius 2 is 1.55 bits per heavy atom. The van der Waals surface area contributed by atoms with E-state index in [-0.39, 0.29) is 5.91 Å². The SMILES string of the molecule is N#Cc1ccccc1NC(=O)c1sc2nc(-c3ccccc3)cc(-c3ccccc3)c2c1N.